The third-order valence-corrected chi connectivity index (χ3v) is 1.65. The predicted molar refractivity (Wildman–Crippen MR) is 46.7 cm³/mol. The summed E-state index contributed by atoms with van der Waals surface area (Å²) >= 11 is 0. The zero-order chi connectivity index (χ0) is 9.10. The number of hydrogen-bond donors (Lipinski definition) is 0. The van der Waals surface area contributed by atoms with Crippen LogP contribution in [0.4, 0.5) is 0 Å². The fourth-order valence-corrected chi connectivity index (χ4v) is 1.06. The Kier molecular flexibility index (Phi) is 1.88. The van der Waals surface area contributed by atoms with Crippen LogP contribution < -0.4 is 0 Å². The van der Waals surface area contributed by atoms with Crippen molar-refractivity contribution in [2.24, 2.45) is 0 Å². The number of aromatic nitrogens is 3. The fourth-order valence-electron chi connectivity index (χ4n) is 1.06. The van der Waals surface area contributed by atoms with Gasteiger partial charge in [0.1, 0.15) is 0 Å². The molecular formula is C9H7N3O. The summed E-state index contributed by atoms with van der Waals surface area (Å²) in [6.07, 6.45) is 7.40. The number of pyridine rings is 1. The van der Waals surface area contributed by atoms with Gasteiger partial charge in [0.25, 0.3) is 0 Å². The Labute approximate surface area is 74.8 Å². The molecule has 0 radical (unpaired) electrons. The first kappa shape index (κ1) is 7.67. The van der Waals surface area contributed by atoms with Crippen LogP contribution in [0.25, 0.3) is 5.69 Å². The highest BCUT2D eigenvalue weighted by molar-refractivity contribution is 5.75. The van der Waals surface area contributed by atoms with Gasteiger partial charge in [0.15, 0.2) is 6.29 Å². The molecule has 0 amide bonds. The Bertz CT molecular complexity index is 409. The Morgan fingerprint density at radius 3 is 3.00 bits per heavy atom. The zero-order valence-corrected chi connectivity index (χ0v) is 6.79. The van der Waals surface area contributed by atoms with Gasteiger partial charge in [0.2, 0.25) is 0 Å². The maximum atomic E-state index is 10.5. The smallest absolute Gasteiger partial charge is 0.151 e. The van der Waals surface area contributed by atoms with Gasteiger partial charge in [-0.15, -0.1) is 0 Å². The molecule has 2 aromatic rings. The van der Waals surface area contributed by atoms with Crippen molar-refractivity contribution in [3.63, 3.8) is 0 Å². The van der Waals surface area contributed by atoms with Crippen LogP contribution in [0.15, 0.2) is 36.9 Å². The van der Waals surface area contributed by atoms with E-state index in [9.17, 15) is 4.79 Å². The average Bonchev–Trinajstić information content (AvgIpc) is 2.71. The Hall–Kier alpha value is -1.97. The highest BCUT2D eigenvalue weighted by Crippen LogP contribution is 2.05. The summed E-state index contributed by atoms with van der Waals surface area (Å²) in [5.74, 6) is 0. The van der Waals surface area contributed by atoms with E-state index in [1.807, 2.05) is 6.07 Å². The van der Waals surface area contributed by atoms with E-state index in [0.717, 1.165) is 12.0 Å². The molecule has 4 heteroatoms. The summed E-state index contributed by atoms with van der Waals surface area (Å²) in [7, 11) is 0. The zero-order valence-electron chi connectivity index (χ0n) is 6.79. The highest BCUT2D eigenvalue weighted by Gasteiger charge is 1.97. The summed E-state index contributed by atoms with van der Waals surface area (Å²) in [6.45, 7) is 0. The maximum absolute atomic E-state index is 10.5. The van der Waals surface area contributed by atoms with Crippen LogP contribution in [0.1, 0.15) is 10.4 Å². The number of rotatable bonds is 2. The van der Waals surface area contributed by atoms with Gasteiger partial charge >= 0.3 is 0 Å². The second kappa shape index (κ2) is 3.18. The van der Waals surface area contributed by atoms with Crippen molar-refractivity contribution in [2.45, 2.75) is 0 Å². The maximum Gasteiger partial charge on any atom is 0.151 e. The van der Waals surface area contributed by atoms with Gasteiger partial charge < -0.3 is 0 Å². The van der Waals surface area contributed by atoms with E-state index in [2.05, 4.69) is 10.1 Å². The van der Waals surface area contributed by atoms with Gasteiger partial charge in [-0.1, -0.05) is 0 Å². The van der Waals surface area contributed by atoms with Crippen molar-refractivity contribution in [1.82, 2.24) is 14.8 Å². The van der Waals surface area contributed by atoms with Gasteiger partial charge in [-0.2, -0.15) is 5.10 Å². The van der Waals surface area contributed by atoms with Crippen molar-refractivity contribution in [3.8, 4) is 5.69 Å². The molecule has 0 aromatic carbocycles. The molecule has 4 nitrogen and oxygen atoms in total. The Balaban J connectivity index is 2.47. The minimum atomic E-state index is 0.549. The van der Waals surface area contributed by atoms with E-state index in [-0.39, 0.29) is 0 Å². The van der Waals surface area contributed by atoms with E-state index in [0.29, 0.717) is 5.56 Å². The van der Waals surface area contributed by atoms with Crippen molar-refractivity contribution in [2.75, 3.05) is 0 Å². The van der Waals surface area contributed by atoms with Crippen molar-refractivity contribution in [3.05, 3.63) is 42.5 Å². The molecule has 0 spiro atoms. The van der Waals surface area contributed by atoms with Crippen LogP contribution >= 0.6 is 0 Å². The lowest BCUT2D eigenvalue weighted by Crippen LogP contribution is -1.96. The summed E-state index contributed by atoms with van der Waals surface area (Å²) in [5.41, 5.74) is 1.34. The molecule has 2 aromatic heterocycles. The molecule has 0 unspecified atom stereocenters. The molecule has 2 rings (SSSR count). The molecular weight excluding hydrogens is 166 g/mol. The third kappa shape index (κ3) is 1.46. The van der Waals surface area contributed by atoms with Crippen molar-refractivity contribution in [1.29, 1.82) is 0 Å². The van der Waals surface area contributed by atoms with Gasteiger partial charge in [0.05, 0.1) is 11.9 Å². The minimum Gasteiger partial charge on any atom is -0.298 e. The number of carbonyl (C=O) groups is 1. The Morgan fingerprint density at radius 1 is 1.38 bits per heavy atom. The fraction of sp³-hybridized carbons (Fsp3) is 0. The summed E-state index contributed by atoms with van der Waals surface area (Å²) < 4.78 is 1.65. The highest BCUT2D eigenvalue weighted by atomic mass is 16.1. The molecule has 0 bridgehead atoms. The second-order valence-corrected chi connectivity index (χ2v) is 2.54. The summed E-state index contributed by atoms with van der Waals surface area (Å²) in [6, 6.07) is 3.54. The molecule has 0 atom stereocenters. The molecule has 64 valence electrons. The van der Waals surface area contributed by atoms with Crippen molar-refractivity contribution < 1.29 is 4.79 Å². The monoisotopic (exact) mass is 173 g/mol. The molecule has 0 fully saturated rings. The molecule has 0 saturated heterocycles. The second-order valence-electron chi connectivity index (χ2n) is 2.54. The van der Waals surface area contributed by atoms with Crippen LogP contribution in [0, 0.1) is 0 Å². The number of aldehydes is 1. The first-order chi connectivity index (χ1) is 6.40. The Morgan fingerprint density at radius 2 is 2.31 bits per heavy atom. The van der Waals surface area contributed by atoms with Gasteiger partial charge in [-0.3, -0.25) is 9.78 Å². The van der Waals surface area contributed by atoms with Crippen LogP contribution in [-0.2, 0) is 0 Å². The average molecular weight is 173 g/mol. The first-order valence-electron chi connectivity index (χ1n) is 3.80. The molecule has 13 heavy (non-hydrogen) atoms. The van der Waals surface area contributed by atoms with E-state index >= 15 is 0 Å². The number of hydrogen-bond acceptors (Lipinski definition) is 3. The largest absolute Gasteiger partial charge is 0.298 e. The van der Waals surface area contributed by atoms with E-state index in [4.69, 9.17) is 0 Å². The molecule has 0 aliphatic rings. The van der Waals surface area contributed by atoms with Gasteiger partial charge in [0, 0.05) is 24.2 Å². The number of nitrogens with zero attached hydrogens (tertiary/aromatic N) is 3. The van der Waals surface area contributed by atoms with Gasteiger partial charge in [-0.05, 0) is 12.1 Å². The molecule has 0 aliphatic heterocycles. The predicted octanol–water partition coefficient (Wildman–Crippen LogP) is 1.08. The third-order valence-electron chi connectivity index (χ3n) is 1.65. The summed E-state index contributed by atoms with van der Waals surface area (Å²) in [5, 5.41) is 4.02. The number of carbonyl (C=O) groups excluding carboxylic acids is 1. The van der Waals surface area contributed by atoms with Crippen LogP contribution in [0.2, 0.25) is 0 Å². The van der Waals surface area contributed by atoms with Crippen molar-refractivity contribution >= 4 is 6.29 Å². The van der Waals surface area contributed by atoms with E-state index in [1.165, 1.54) is 6.20 Å². The molecule has 0 N–H and O–H groups in total. The standard InChI is InChI=1S/C9H7N3O/c13-7-8-4-9(6-10-5-8)12-3-1-2-11-12/h1-7H. The van der Waals surface area contributed by atoms with Gasteiger partial charge in [-0.25, -0.2) is 4.68 Å². The molecule has 0 aliphatic carbocycles. The van der Waals surface area contributed by atoms with Crippen LogP contribution in [-0.4, -0.2) is 21.1 Å². The van der Waals surface area contributed by atoms with Crippen LogP contribution in [0.5, 0.6) is 0 Å². The SMILES string of the molecule is O=Cc1cncc(-n2cccn2)c1. The normalized spacial score (nSPS) is 9.85. The lowest BCUT2D eigenvalue weighted by atomic mass is 10.3. The lowest BCUT2D eigenvalue weighted by molar-refractivity contribution is 0.112. The quantitative estimate of drug-likeness (QED) is 0.638. The van der Waals surface area contributed by atoms with E-state index in [1.54, 1.807) is 29.3 Å². The molecule has 0 saturated carbocycles. The van der Waals surface area contributed by atoms with Crippen LogP contribution in [0.3, 0.4) is 0 Å². The first-order valence-corrected chi connectivity index (χ1v) is 3.80. The summed E-state index contributed by atoms with van der Waals surface area (Å²) in [4.78, 5) is 14.4. The molecule has 2 heterocycles. The van der Waals surface area contributed by atoms with E-state index < -0.39 is 0 Å². The minimum absolute atomic E-state index is 0.549. The topological polar surface area (TPSA) is 47.8 Å². The lowest BCUT2D eigenvalue weighted by Gasteiger charge is -1.99.